The van der Waals surface area contributed by atoms with Crippen molar-refractivity contribution in [1.82, 2.24) is 10.2 Å². The van der Waals surface area contributed by atoms with Gasteiger partial charge in [0.2, 0.25) is 5.91 Å². The topological polar surface area (TPSA) is 41.6 Å². The molecule has 0 radical (unpaired) electrons. The fourth-order valence-corrected chi connectivity index (χ4v) is 1.86. The maximum atomic E-state index is 11.9. The highest BCUT2D eigenvalue weighted by Crippen LogP contribution is 2.10. The van der Waals surface area contributed by atoms with Gasteiger partial charge >= 0.3 is 0 Å². The number of ether oxygens (including phenoxy) is 1. The molecule has 0 aliphatic carbocycles. The van der Waals surface area contributed by atoms with E-state index in [0.29, 0.717) is 13.2 Å². The van der Waals surface area contributed by atoms with Gasteiger partial charge < -0.3 is 15.0 Å². The minimum absolute atomic E-state index is 0.117. The lowest BCUT2D eigenvalue weighted by Crippen LogP contribution is -2.42. The summed E-state index contributed by atoms with van der Waals surface area (Å²) in [5.74, 6) is 0.117. The lowest BCUT2D eigenvalue weighted by Gasteiger charge is -2.21. The average Bonchev–Trinajstić information content (AvgIpc) is 2.44. The number of amides is 1. The smallest absolute Gasteiger partial charge is 0.239 e. The number of likely N-dealkylation sites (N-methyl/N-ethyl adjacent to an activating group) is 1. The normalized spacial score (nSPS) is 12.2. The van der Waals surface area contributed by atoms with E-state index in [9.17, 15) is 4.79 Å². The van der Waals surface area contributed by atoms with Crippen LogP contribution in [0.2, 0.25) is 0 Å². The van der Waals surface area contributed by atoms with Crippen molar-refractivity contribution in [2.24, 2.45) is 0 Å². The summed E-state index contributed by atoms with van der Waals surface area (Å²) in [6.07, 6.45) is 0. The highest BCUT2D eigenvalue weighted by molar-refractivity contribution is 5.81. The SMILES string of the molecule is CCN(C)C(=O)C(C)NCc1ccccc1COC. The summed E-state index contributed by atoms with van der Waals surface area (Å²) in [5, 5.41) is 3.27. The molecule has 0 aliphatic rings. The number of methoxy groups -OCH3 is 1. The maximum Gasteiger partial charge on any atom is 0.239 e. The highest BCUT2D eigenvalue weighted by atomic mass is 16.5. The Hall–Kier alpha value is -1.39. The summed E-state index contributed by atoms with van der Waals surface area (Å²) < 4.78 is 5.18. The Morgan fingerprint density at radius 1 is 1.37 bits per heavy atom. The number of hydrogen-bond acceptors (Lipinski definition) is 3. The molecule has 0 bridgehead atoms. The van der Waals surface area contributed by atoms with Crippen molar-refractivity contribution in [2.75, 3.05) is 20.7 Å². The molecule has 0 saturated heterocycles. The first-order valence-electron chi connectivity index (χ1n) is 6.64. The van der Waals surface area contributed by atoms with Crippen LogP contribution in [0.1, 0.15) is 25.0 Å². The molecule has 0 heterocycles. The third kappa shape index (κ3) is 4.65. The van der Waals surface area contributed by atoms with E-state index in [1.807, 2.05) is 39.1 Å². The van der Waals surface area contributed by atoms with Crippen LogP contribution >= 0.6 is 0 Å². The van der Waals surface area contributed by atoms with Gasteiger partial charge in [-0.15, -0.1) is 0 Å². The summed E-state index contributed by atoms with van der Waals surface area (Å²) in [6, 6.07) is 7.92. The van der Waals surface area contributed by atoms with Gasteiger partial charge in [-0.2, -0.15) is 0 Å². The van der Waals surface area contributed by atoms with E-state index in [1.165, 1.54) is 5.56 Å². The van der Waals surface area contributed by atoms with Gasteiger partial charge in [0.1, 0.15) is 0 Å². The first-order chi connectivity index (χ1) is 9.10. The Bertz CT molecular complexity index is 407. The fourth-order valence-electron chi connectivity index (χ4n) is 1.86. The largest absolute Gasteiger partial charge is 0.380 e. The molecular weight excluding hydrogens is 240 g/mol. The van der Waals surface area contributed by atoms with Crippen LogP contribution in [0.5, 0.6) is 0 Å². The van der Waals surface area contributed by atoms with Crippen LogP contribution in [0.4, 0.5) is 0 Å². The second kappa shape index (κ2) is 7.92. The number of hydrogen-bond donors (Lipinski definition) is 1. The Labute approximate surface area is 115 Å². The predicted octanol–water partition coefficient (Wildman–Crippen LogP) is 1.79. The van der Waals surface area contributed by atoms with Crippen molar-refractivity contribution in [2.45, 2.75) is 33.0 Å². The minimum Gasteiger partial charge on any atom is -0.380 e. The molecule has 0 aliphatic heterocycles. The van der Waals surface area contributed by atoms with E-state index in [1.54, 1.807) is 12.0 Å². The standard InChI is InChI=1S/C15H24N2O2/c1-5-17(3)15(18)12(2)16-10-13-8-6-7-9-14(13)11-19-4/h6-9,12,16H,5,10-11H2,1-4H3. The molecule has 0 saturated carbocycles. The third-order valence-corrected chi connectivity index (χ3v) is 3.24. The number of benzene rings is 1. The van der Waals surface area contributed by atoms with Crippen LogP contribution in [0.15, 0.2) is 24.3 Å². The summed E-state index contributed by atoms with van der Waals surface area (Å²) in [5.41, 5.74) is 2.32. The minimum atomic E-state index is -0.180. The maximum absolute atomic E-state index is 11.9. The van der Waals surface area contributed by atoms with Crippen LogP contribution in [-0.4, -0.2) is 37.6 Å². The third-order valence-electron chi connectivity index (χ3n) is 3.24. The summed E-state index contributed by atoms with van der Waals surface area (Å²) in [4.78, 5) is 13.7. The van der Waals surface area contributed by atoms with E-state index in [2.05, 4.69) is 11.4 Å². The van der Waals surface area contributed by atoms with Gasteiger partial charge in [0.15, 0.2) is 0 Å². The number of nitrogens with one attached hydrogen (secondary N) is 1. The first-order valence-corrected chi connectivity index (χ1v) is 6.64. The van der Waals surface area contributed by atoms with E-state index >= 15 is 0 Å². The Morgan fingerprint density at radius 2 is 2.00 bits per heavy atom. The molecule has 1 aromatic carbocycles. The average molecular weight is 264 g/mol. The number of nitrogens with zero attached hydrogens (tertiary/aromatic N) is 1. The zero-order valence-electron chi connectivity index (χ0n) is 12.3. The van der Waals surface area contributed by atoms with Crippen LogP contribution in [-0.2, 0) is 22.7 Å². The molecule has 1 unspecified atom stereocenters. The lowest BCUT2D eigenvalue weighted by atomic mass is 10.1. The van der Waals surface area contributed by atoms with Crippen LogP contribution in [0, 0.1) is 0 Å². The summed E-state index contributed by atoms with van der Waals surface area (Å²) in [6.45, 7) is 5.86. The second-order valence-corrected chi connectivity index (χ2v) is 4.66. The van der Waals surface area contributed by atoms with Crippen molar-refractivity contribution >= 4 is 5.91 Å². The number of carbonyl (C=O) groups is 1. The molecular formula is C15H24N2O2. The van der Waals surface area contributed by atoms with Crippen molar-refractivity contribution in [3.8, 4) is 0 Å². The van der Waals surface area contributed by atoms with E-state index < -0.39 is 0 Å². The van der Waals surface area contributed by atoms with Crippen LogP contribution < -0.4 is 5.32 Å². The van der Waals surface area contributed by atoms with Gasteiger partial charge in [-0.25, -0.2) is 0 Å². The molecule has 1 atom stereocenters. The zero-order valence-corrected chi connectivity index (χ0v) is 12.3. The van der Waals surface area contributed by atoms with Gasteiger partial charge in [0.05, 0.1) is 12.6 Å². The predicted molar refractivity (Wildman–Crippen MR) is 76.8 cm³/mol. The molecule has 0 fully saturated rings. The van der Waals surface area contributed by atoms with E-state index in [-0.39, 0.29) is 11.9 Å². The second-order valence-electron chi connectivity index (χ2n) is 4.66. The first kappa shape index (κ1) is 15.7. The molecule has 1 amide bonds. The monoisotopic (exact) mass is 264 g/mol. The molecule has 106 valence electrons. The van der Waals surface area contributed by atoms with Crippen LogP contribution in [0.25, 0.3) is 0 Å². The Kier molecular flexibility index (Phi) is 6.53. The Morgan fingerprint density at radius 3 is 2.58 bits per heavy atom. The van der Waals surface area contributed by atoms with Gasteiger partial charge in [0, 0.05) is 27.2 Å². The summed E-state index contributed by atoms with van der Waals surface area (Å²) >= 11 is 0. The van der Waals surface area contributed by atoms with Crippen molar-refractivity contribution < 1.29 is 9.53 Å². The molecule has 1 aromatic rings. The van der Waals surface area contributed by atoms with Gasteiger partial charge in [-0.3, -0.25) is 4.79 Å². The van der Waals surface area contributed by atoms with Crippen LogP contribution in [0.3, 0.4) is 0 Å². The molecule has 1 N–H and O–H groups in total. The summed E-state index contributed by atoms with van der Waals surface area (Å²) in [7, 11) is 3.51. The highest BCUT2D eigenvalue weighted by Gasteiger charge is 2.15. The number of rotatable bonds is 7. The van der Waals surface area contributed by atoms with Crippen molar-refractivity contribution in [1.29, 1.82) is 0 Å². The lowest BCUT2D eigenvalue weighted by molar-refractivity contribution is -0.131. The van der Waals surface area contributed by atoms with E-state index in [4.69, 9.17) is 4.74 Å². The van der Waals surface area contributed by atoms with Gasteiger partial charge in [0.25, 0.3) is 0 Å². The molecule has 4 heteroatoms. The Balaban J connectivity index is 2.59. The molecule has 0 spiro atoms. The molecule has 1 rings (SSSR count). The van der Waals surface area contributed by atoms with Crippen molar-refractivity contribution in [3.05, 3.63) is 35.4 Å². The number of carbonyl (C=O) groups excluding carboxylic acids is 1. The van der Waals surface area contributed by atoms with E-state index in [0.717, 1.165) is 12.1 Å². The molecule has 4 nitrogen and oxygen atoms in total. The zero-order chi connectivity index (χ0) is 14.3. The van der Waals surface area contributed by atoms with Gasteiger partial charge in [-0.1, -0.05) is 24.3 Å². The van der Waals surface area contributed by atoms with Crippen molar-refractivity contribution in [3.63, 3.8) is 0 Å². The fraction of sp³-hybridized carbons (Fsp3) is 0.533. The quantitative estimate of drug-likeness (QED) is 0.816. The molecule has 19 heavy (non-hydrogen) atoms. The van der Waals surface area contributed by atoms with Gasteiger partial charge in [-0.05, 0) is 25.0 Å². The molecule has 0 aromatic heterocycles.